The van der Waals surface area contributed by atoms with Crippen molar-refractivity contribution in [3.05, 3.63) is 24.3 Å². The van der Waals surface area contributed by atoms with E-state index in [0.29, 0.717) is 19.2 Å². The first-order chi connectivity index (χ1) is 11.6. The molecule has 6 nitrogen and oxygen atoms in total. The van der Waals surface area contributed by atoms with E-state index in [0.717, 1.165) is 37.1 Å². The van der Waals surface area contributed by atoms with E-state index >= 15 is 0 Å². The number of aliphatic imine (C=N–C) groups is 1. The first kappa shape index (κ1) is 20.1. The van der Waals surface area contributed by atoms with Crippen molar-refractivity contribution >= 4 is 5.96 Å². The Hall–Kier alpha value is -1.95. The summed E-state index contributed by atoms with van der Waals surface area (Å²) in [6.07, 6.45) is 0. The Bertz CT molecular complexity index is 474. The maximum atomic E-state index is 5.68. The van der Waals surface area contributed by atoms with Crippen LogP contribution < -0.4 is 20.1 Å². The number of hydrogen-bond acceptors (Lipinski definition) is 4. The molecule has 1 aromatic carbocycles. The summed E-state index contributed by atoms with van der Waals surface area (Å²) in [5, 5.41) is 6.58. The van der Waals surface area contributed by atoms with Crippen LogP contribution >= 0.6 is 0 Å². The molecule has 1 rings (SSSR count). The van der Waals surface area contributed by atoms with E-state index in [9.17, 15) is 0 Å². The molecule has 1 aromatic rings. The van der Waals surface area contributed by atoms with Crippen molar-refractivity contribution in [1.82, 2.24) is 15.5 Å². The largest absolute Gasteiger partial charge is 0.497 e. The smallest absolute Gasteiger partial charge is 0.191 e. The van der Waals surface area contributed by atoms with Crippen molar-refractivity contribution in [2.24, 2.45) is 4.99 Å². The van der Waals surface area contributed by atoms with Gasteiger partial charge >= 0.3 is 0 Å². The number of nitrogens with one attached hydrogen (secondary N) is 2. The molecule has 24 heavy (non-hydrogen) atoms. The van der Waals surface area contributed by atoms with E-state index in [1.54, 1.807) is 14.2 Å². The molecule has 0 spiro atoms. The molecule has 0 unspecified atom stereocenters. The van der Waals surface area contributed by atoms with Crippen LogP contribution in [-0.2, 0) is 0 Å². The Balaban J connectivity index is 2.21. The zero-order chi connectivity index (χ0) is 17.8. The summed E-state index contributed by atoms with van der Waals surface area (Å²) in [5.41, 5.74) is 0. The molecule has 0 aliphatic rings. The summed E-state index contributed by atoms with van der Waals surface area (Å²) in [5.74, 6) is 2.46. The lowest BCUT2D eigenvalue weighted by Crippen LogP contribution is -2.44. The fourth-order valence-corrected chi connectivity index (χ4v) is 2.33. The molecule has 0 fully saturated rings. The van der Waals surface area contributed by atoms with Gasteiger partial charge in [0, 0.05) is 26.2 Å². The van der Waals surface area contributed by atoms with Crippen LogP contribution in [-0.4, -0.2) is 63.8 Å². The van der Waals surface area contributed by atoms with Crippen molar-refractivity contribution in [2.75, 3.05) is 46.9 Å². The van der Waals surface area contributed by atoms with Gasteiger partial charge in [0.2, 0.25) is 0 Å². The molecule has 0 atom stereocenters. The van der Waals surface area contributed by atoms with Gasteiger partial charge in [0.1, 0.15) is 18.1 Å². The predicted molar refractivity (Wildman–Crippen MR) is 100 cm³/mol. The minimum Gasteiger partial charge on any atom is -0.497 e. The minimum absolute atomic E-state index is 0.560. The van der Waals surface area contributed by atoms with Gasteiger partial charge in [0.25, 0.3) is 0 Å². The summed E-state index contributed by atoms with van der Waals surface area (Å²) in [6.45, 7) is 10.8. The highest BCUT2D eigenvalue weighted by atomic mass is 16.5. The first-order valence-corrected chi connectivity index (χ1v) is 8.56. The molecule has 0 saturated carbocycles. The molecule has 2 N–H and O–H groups in total. The molecule has 0 aliphatic carbocycles. The molecular weight excluding hydrogens is 304 g/mol. The lowest BCUT2D eigenvalue weighted by Gasteiger charge is -2.25. The maximum absolute atomic E-state index is 5.68. The van der Waals surface area contributed by atoms with Crippen LogP contribution in [0.5, 0.6) is 11.5 Å². The second kappa shape index (κ2) is 11.6. The zero-order valence-corrected chi connectivity index (χ0v) is 15.6. The van der Waals surface area contributed by atoms with Crippen molar-refractivity contribution < 1.29 is 9.47 Å². The van der Waals surface area contributed by atoms with Crippen molar-refractivity contribution in [3.8, 4) is 11.5 Å². The minimum atomic E-state index is 0.560. The lowest BCUT2D eigenvalue weighted by molar-refractivity contribution is 0.237. The number of likely N-dealkylation sites (N-methyl/N-ethyl adjacent to an activating group) is 1. The Labute approximate surface area is 146 Å². The highest BCUT2D eigenvalue weighted by Gasteiger charge is 2.06. The number of ether oxygens (including phenoxy) is 2. The quantitative estimate of drug-likeness (QED) is 0.389. The molecule has 0 aromatic heterocycles. The van der Waals surface area contributed by atoms with E-state index in [2.05, 4.69) is 41.3 Å². The summed E-state index contributed by atoms with van der Waals surface area (Å²) in [7, 11) is 3.43. The standard InChI is InChI=1S/C18H32N4O2/c1-6-22(15(2)3)13-11-20-18(19-4)21-12-14-24-17-9-7-16(23-5)8-10-17/h7-10,15H,6,11-14H2,1-5H3,(H2,19,20,21). The molecule has 6 heteroatoms. The highest BCUT2D eigenvalue weighted by molar-refractivity contribution is 5.79. The Morgan fingerprint density at radius 1 is 1.12 bits per heavy atom. The molecular formula is C18H32N4O2. The van der Waals surface area contributed by atoms with Gasteiger partial charge in [0.15, 0.2) is 5.96 Å². The summed E-state index contributed by atoms with van der Waals surface area (Å²) < 4.78 is 10.8. The van der Waals surface area contributed by atoms with Crippen LogP contribution in [0.3, 0.4) is 0 Å². The Morgan fingerprint density at radius 2 is 1.75 bits per heavy atom. The predicted octanol–water partition coefficient (Wildman–Crippen LogP) is 1.97. The van der Waals surface area contributed by atoms with E-state index in [1.807, 2.05) is 24.3 Å². The third-order valence-electron chi connectivity index (χ3n) is 3.77. The third kappa shape index (κ3) is 7.55. The number of rotatable bonds is 10. The average molecular weight is 336 g/mol. The number of hydrogen-bond donors (Lipinski definition) is 2. The number of methoxy groups -OCH3 is 1. The van der Waals surface area contributed by atoms with E-state index < -0.39 is 0 Å². The number of benzene rings is 1. The monoisotopic (exact) mass is 336 g/mol. The van der Waals surface area contributed by atoms with Crippen LogP contribution in [0.2, 0.25) is 0 Å². The Kier molecular flexibility index (Phi) is 9.68. The van der Waals surface area contributed by atoms with Gasteiger partial charge in [-0.3, -0.25) is 9.89 Å². The van der Waals surface area contributed by atoms with Crippen LogP contribution in [0.1, 0.15) is 20.8 Å². The summed E-state index contributed by atoms with van der Waals surface area (Å²) >= 11 is 0. The topological polar surface area (TPSA) is 58.1 Å². The molecule has 0 heterocycles. The van der Waals surface area contributed by atoms with E-state index in [4.69, 9.17) is 9.47 Å². The second-order valence-electron chi connectivity index (χ2n) is 5.67. The van der Waals surface area contributed by atoms with Gasteiger partial charge in [-0.2, -0.15) is 0 Å². The second-order valence-corrected chi connectivity index (χ2v) is 5.67. The molecule has 0 saturated heterocycles. The molecule has 136 valence electrons. The number of guanidine groups is 1. The van der Waals surface area contributed by atoms with Crippen LogP contribution in [0.25, 0.3) is 0 Å². The SMILES string of the molecule is CCN(CCNC(=NC)NCCOc1ccc(OC)cc1)C(C)C. The Morgan fingerprint density at radius 3 is 2.29 bits per heavy atom. The summed E-state index contributed by atoms with van der Waals surface area (Å²) in [4.78, 5) is 6.64. The average Bonchev–Trinajstić information content (AvgIpc) is 2.60. The zero-order valence-electron chi connectivity index (χ0n) is 15.6. The van der Waals surface area contributed by atoms with Gasteiger partial charge in [0.05, 0.1) is 13.7 Å². The summed E-state index contributed by atoms with van der Waals surface area (Å²) in [6, 6.07) is 8.13. The van der Waals surface area contributed by atoms with Gasteiger partial charge in [-0.15, -0.1) is 0 Å². The van der Waals surface area contributed by atoms with E-state index in [-0.39, 0.29) is 0 Å². The molecule has 0 bridgehead atoms. The van der Waals surface area contributed by atoms with Gasteiger partial charge < -0.3 is 20.1 Å². The van der Waals surface area contributed by atoms with Gasteiger partial charge in [-0.25, -0.2) is 0 Å². The third-order valence-corrected chi connectivity index (χ3v) is 3.77. The van der Waals surface area contributed by atoms with Crippen LogP contribution in [0.4, 0.5) is 0 Å². The molecule has 0 radical (unpaired) electrons. The molecule has 0 aliphatic heterocycles. The van der Waals surface area contributed by atoms with Crippen LogP contribution in [0, 0.1) is 0 Å². The van der Waals surface area contributed by atoms with Gasteiger partial charge in [-0.05, 0) is 44.7 Å². The maximum Gasteiger partial charge on any atom is 0.191 e. The fraction of sp³-hybridized carbons (Fsp3) is 0.611. The molecule has 0 amide bonds. The van der Waals surface area contributed by atoms with Crippen LogP contribution in [0.15, 0.2) is 29.3 Å². The van der Waals surface area contributed by atoms with Crippen molar-refractivity contribution in [2.45, 2.75) is 26.8 Å². The number of nitrogens with zero attached hydrogens (tertiary/aromatic N) is 2. The van der Waals surface area contributed by atoms with Crippen molar-refractivity contribution in [1.29, 1.82) is 0 Å². The normalized spacial score (nSPS) is 11.7. The highest BCUT2D eigenvalue weighted by Crippen LogP contribution is 2.16. The van der Waals surface area contributed by atoms with Gasteiger partial charge in [-0.1, -0.05) is 6.92 Å². The van der Waals surface area contributed by atoms with E-state index in [1.165, 1.54) is 0 Å². The fourth-order valence-electron chi connectivity index (χ4n) is 2.33. The van der Waals surface area contributed by atoms with Crippen molar-refractivity contribution in [3.63, 3.8) is 0 Å². The lowest BCUT2D eigenvalue weighted by atomic mass is 10.3. The first-order valence-electron chi connectivity index (χ1n) is 8.56.